The van der Waals surface area contributed by atoms with Crippen LogP contribution in [0.3, 0.4) is 0 Å². The van der Waals surface area contributed by atoms with Crippen molar-refractivity contribution >= 4 is 11.9 Å². The summed E-state index contributed by atoms with van der Waals surface area (Å²) < 4.78 is 6.14. The number of urea groups is 1. The number of carbonyl (C=O) groups is 2. The minimum atomic E-state index is -0.221. The van der Waals surface area contributed by atoms with Gasteiger partial charge in [0.1, 0.15) is 0 Å². The van der Waals surface area contributed by atoms with Gasteiger partial charge in [0.05, 0.1) is 12.1 Å². The Labute approximate surface area is 137 Å². The van der Waals surface area contributed by atoms with E-state index >= 15 is 0 Å². The van der Waals surface area contributed by atoms with Crippen LogP contribution in [0.4, 0.5) is 4.79 Å². The van der Waals surface area contributed by atoms with Crippen molar-refractivity contribution in [3.63, 3.8) is 0 Å². The highest BCUT2D eigenvalue weighted by molar-refractivity contribution is 5.78. The normalized spacial score (nSPS) is 34.9. The Kier molecular flexibility index (Phi) is 3.95. The van der Waals surface area contributed by atoms with Gasteiger partial charge in [0.15, 0.2) is 0 Å². The zero-order chi connectivity index (χ0) is 15.9. The largest absolute Gasteiger partial charge is 0.373 e. The van der Waals surface area contributed by atoms with E-state index in [-0.39, 0.29) is 11.6 Å². The Morgan fingerprint density at radius 3 is 2.65 bits per heavy atom. The fraction of sp³-hybridized carbons (Fsp3) is 0.882. The number of likely N-dealkylation sites (tertiary alicyclic amines) is 3. The molecule has 0 N–H and O–H groups in total. The summed E-state index contributed by atoms with van der Waals surface area (Å²) in [5.74, 6) is 0.301. The number of hydrogen-bond acceptors (Lipinski definition) is 3. The van der Waals surface area contributed by atoms with E-state index in [4.69, 9.17) is 4.74 Å². The average Bonchev–Trinajstić information content (AvgIpc) is 3.28. The van der Waals surface area contributed by atoms with Crippen LogP contribution in [-0.2, 0) is 9.53 Å². The van der Waals surface area contributed by atoms with E-state index < -0.39 is 0 Å². The predicted molar refractivity (Wildman–Crippen MR) is 85.0 cm³/mol. The lowest BCUT2D eigenvalue weighted by Crippen LogP contribution is -2.51. The third kappa shape index (κ3) is 2.82. The van der Waals surface area contributed by atoms with E-state index in [2.05, 4.69) is 4.90 Å². The number of amides is 3. The van der Waals surface area contributed by atoms with Gasteiger partial charge in [-0.2, -0.15) is 0 Å². The first-order valence-corrected chi connectivity index (χ1v) is 9.14. The summed E-state index contributed by atoms with van der Waals surface area (Å²) in [4.78, 5) is 30.6. The van der Waals surface area contributed by atoms with Crippen molar-refractivity contribution in [2.24, 2.45) is 0 Å². The molecule has 128 valence electrons. The highest BCUT2D eigenvalue weighted by atomic mass is 16.5. The molecule has 0 unspecified atom stereocenters. The van der Waals surface area contributed by atoms with Crippen molar-refractivity contribution in [2.45, 2.75) is 56.6 Å². The molecule has 4 aliphatic rings. The molecule has 4 aliphatic heterocycles. The summed E-state index contributed by atoms with van der Waals surface area (Å²) in [6.45, 7) is 4.88. The lowest BCUT2D eigenvalue weighted by atomic mass is 9.89. The molecule has 4 rings (SSSR count). The molecule has 1 spiro atoms. The van der Waals surface area contributed by atoms with E-state index in [0.29, 0.717) is 31.5 Å². The molecule has 0 aliphatic carbocycles. The average molecular weight is 321 g/mol. The van der Waals surface area contributed by atoms with Gasteiger partial charge in [0.25, 0.3) is 0 Å². The molecule has 0 aromatic heterocycles. The predicted octanol–water partition coefficient (Wildman–Crippen LogP) is 1.45. The third-order valence-electron chi connectivity index (χ3n) is 5.98. The van der Waals surface area contributed by atoms with Gasteiger partial charge >= 0.3 is 6.03 Å². The summed E-state index contributed by atoms with van der Waals surface area (Å²) in [6, 6.07) is 0.489. The first-order chi connectivity index (χ1) is 11.2. The fourth-order valence-electron chi connectivity index (χ4n) is 4.72. The standard InChI is InChI=1S/C17H27N3O3/c21-15-4-3-9-20(15)14-5-11-23-17(12-14)6-10-19(13-17)16(22)18-7-1-2-8-18/h14H,1-13H2/t14-,17-/m1/s1. The number of rotatable bonds is 1. The summed E-state index contributed by atoms with van der Waals surface area (Å²) in [7, 11) is 0. The topological polar surface area (TPSA) is 53.1 Å². The fourth-order valence-corrected chi connectivity index (χ4v) is 4.72. The molecule has 6 heteroatoms. The molecule has 4 fully saturated rings. The highest BCUT2D eigenvalue weighted by Gasteiger charge is 2.47. The van der Waals surface area contributed by atoms with Gasteiger partial charge in [-0.1, -0.05) is 0 Å². The smallest absolute Gasteiger partial charge is 0.320 e. The van der Waals surface area contributed by atoms with Crippen LogP contribution in [-0.4, -0.2) is 77.6 Å². The number of nitrogens with zero attached hydrogens (tertiary/aromatic N) is 3. The molecule has 0 bridgehead atoms. The summed E-state index contributed by atoms with van der Waals surface area (Å²) in [6.07, 6.45) is 6.68. The minimum absolute atomic E-state index is 0.183. The van der Waals surface area contributed by atoms with Crippen molar-refractivity contribution < 1.29 is 14.3 Å². The number of ether oxygens (including phenoxy) is 1. The van der Waals surface area contributed by atoms with E-state index in [1.165, 1.54) is 0 Å². The van der Waals surface area contributed by atoms with Crippen LogP contribution in [0, 0.1) is 0 Å². The Morgan fingerprint density at radius 2 is 1.91 bits per heavy atom. The molecule has 4 saturated heterocycles. The lowest BCUT2D eigenvalue weighted by Gasteiger charge is -2.41. The van der Waals surface area contributed by atoms with E-state index in [1.807, 2.05) is 9.80 Å². The number of carbonyl (C=O) groups excluding carboxylic acids is 2. The zero-order valence-corrected chi connectivity index (χ0v) is 13.8. The maximum Gasteiger partial charge on any atom is 0.320 e. The Hall–Kier alpha value is -1.30. The van der Waals surface area contributed by atoms with Crippen molar-refractivity contribution in [3.05, 3.63) is 0 Å². The minimum Gasteiger partial charge on any atom is -0.373 e. The van der Waals surface area contributed by atoms with Gasteiger partial charge in [-0.3, -0.25) is 4.79 Å². The summed E-state index contributed by atoms with van der Waals surface area (Å²) >= 11 is 0. The molecule has 0 saturated carbocycles. The molecule has 0 aromatic rings. The molecule has 2 atom stereocenters. The molecule has 4 heterocycles. The van der Waals surface area contributed by atoms with Crippen molar-refractivity contribution in [1.29, 1.82) is 0 Å². The van der Waals surface area contributed by atoms with E-state index in [1.54, 1.807) is 0 Å². The van der Waals surface area contributed by atoms with Crippen LogP contribution in [0.5, 0.6) is 0 Å². The van der Waals surface area contributed by atoms with E-state index in [0.717, 1.165) is 64.7 Å². The molecular weight excluding hydrogens is 294 g/mol. The van der Waals surface area contributed by atoms with Crippen LogP contribution < -0.4 is 0 Å². The van der Waals surface area contributed by atoms with Gasteiger partial charge in [-0.15, -0.1) is 0 Å². The van der Waals surface area contributed by atoms with Gasteiger partial charge in [0, 0.05) is 45.2 Å². The van der Waals surface area contributed by atoms with Crippen LogP contribution in [0.25, 0.3) is 0 Å². The van der Waals surface area contributed by atoms with Gasteiger partial charge < -0.3 is 19.4 Å². The van der Waals surface area contributed by atoms with E-state index in [9.17, 15) is 9.59 Å². The van der Waals surface area contributed by atoms with Gasteiger partial charge in [-0.25, -0.2) is 4.79 Å². The molecular formula is C17H27N3O3. The number of hydrogen-bond donors (Lipinski definition) is 0. The van der Waals surface area contributed by atoms with Crippen LogP contribution in [0.2, 0.25) is 0 Å². The second-order valence-electron chi connectivity index (χ2n) is 7.52. The van der Waals surface area contributed by atoms with Gasteiger partial charge in [0.2, 0.25) is 5.91 Å². The highest BCUT2D eigenvalue weighted by Crippen LogP contribution is 2.37. The third-order valence-corrected chi connectivity index (χ3v) is 5.98. The monoisotopic (exact) mass is 321 g/mol. The zero-order valence-electron chi connectivity index (χ0n) is 13.8. The van der Waals surface area contributed by atoms with Crippen molar-refractivity contribution in [3.8, 4) is 0 Å². The SMILES string of the molecule is O=C(N1CCCC1)N1CC[C@@]2(C[C@H](N3CCCC3=O)CCO2)C1. The molecule has 6 nitrogen and oxygen atoms in total. The van der Waals surface area contributed by atoms with Crippen molar-refractivity contribution in [2.75, 3.05) is 39.3 Å². The first kappa shape index (κ1) is 15.2. The second-order valence-corrected chi connectivity index (χ2v) is 7.52. The first-order valence-electron chi connectivity index (χ1n) is 9.14. The lowest BCUT2D eigenvalue weighted by molar-refractivity contribution is -0.137. The quantitative estimate of drug-likeness (QED) is 0.734. The summed E-state index contributed by atoms with van der Waals surface area (Å²) in [5.41, 5.74) is -0.221. The Balaban J connectivity index is 1.40. The maximum absolute atomic E-state index is 12.6. The molecule has 3 amide bonds. The molecule has 0 aromatic carbocycles. The maximum atomic E-state index is 12.6. The van der Waals surface area contributed by atoms with Crippen LogP contribution >= 0.6 is 0 Å². The molecule has 0 radical (unpaired) electrons. The van der Waals surface area contributed by atoms with Crippen LogP contribution in [0.15, 0.2) is 0 Å². The Morgan fingerprint density at radius 1 is 1.09 bits per heavy atom. The summed E-state index contributed by atoms with van der Waals surface area (Å²) in [5, 5.41) is 0. The van der Waals surface area contributed by atoms with Crippen LogP contribution in [0.1, 0.15) is 44.9 Å². The van der Waals surface area contributed by atoms with Crippen molar-refractivity contribution in [1.82, 2.24) is 14.7 Å². The molecule has 23 heavy (non-hydrogen) atoms. The Bertz CT molecular complexity index is 491. The van der Waals surface area contributed by atoms with Gasteiger partial charge in [-0.05, 0) is 38.5 Å². The second kappa shape index (κ2) is 5.96.